The molecule has 0 saturated heterocycles. The first kappa shape index (κ1) is 36.1. The highest BCUT2D eigenvalue weighted by molar-refractivity contribution is 5.98. The van der Waals surface area contributed by atoms with Gasteiger partial charge in [-0.1, -0.05) is 78.9 Å². The van der Waals surface area contributed by atoms with Crippen LogP contribution in [0.2, 0.25) is 0 Å². The summed E-state index contributed by atoms with van der Waals surface area (Å²) in [5.41, 5.74) is 2.52. The fourth-order valence-corrected chi connectivity index (χ4v) is 6.38. The smallest absolute Gasteiger partial charge is 0.317 e. The van der Waals surface area contributed by atoms with Crippen LogP contribution >= 0.6 is 0 Å². The quantitative estimate of drug-likeness (QED) is 0.141. The van der Waals surface area contributed by atoms with Gasteiger partial charge in [-0.25, -0.2) is 0 Å². The summed E-state index contributed by atoms with van der Waals surface area (Å²) < 4.78 is 12.5. The number of carbonyl (C=O) groups is 3. The average Bonchev–Trinajstić information content (AvgIpc) is 3.93. The molecule has 6 rings (SSSR count). The monoisotopic (exact) mass is 699 g/mol. The van der Waals surface area contributed by atoms with Gasteiger partial charge in [0.2, 0.25) is 11.8 Å². The molecule has 0 radical (unpaired) electrons. The minimum atomic E-state index is -0.992. The number of benzene rings is 4. The number of pyridine rings is 1. The number of anilines is 1. The van der Waals surface area contributed by atoms with E-state index < -0.39 is 23.0 Å². The Morgan fingerprint density at radius 3 is 2.15 bits per heavy atom. The number of carbonyl (C=O) groups excluding carboxylic acids is 3. The lowest BCUT2D eigenvalue weighted by Crippen LogP contribution is -2.46. The molecule has 1 unspecified atom stereocenters. The number of hydrogen-bond donors (Lipinski definition) is 2. The number of nitrogens with one attached hydrogen (secondary N) is 2. The highest BCUT2D eigenvalue weighted by Crippen LogP contribution is 2.49. The summed E-state index contributed by atoms with van der Waals surface area (Å²) in [6.07, 6.45) is 3.37. The zero-order valence-electron chi connectivity index (χ0n) is 30.3. The molecule has 0 spiro atoms. The summed E-state index contributed by atoms with van der Waals surface area (Å²) in [6, 6.07) is 29.6. The zero-order valence-corrected chi connectivity index (χ0v) is 30.3. The van der Waals surface area contributed by atoms with E-state index in [0.717, 1.165) is 33.0 Å². The number of hydrogen-bond acceptors (Lipinski definition) is 6. The molecule has 2 N–H and O–H groups in total. The van der Waals surface area contributed by atoms with Gasteiger partial charge in [0.1, 0.15) is 23.1 Å². The second-order valence-electron chi connectivity index (χ2n) is 14.6. The summed E-state index contributed by atoms with van der Waals surface area (Å²) in [5.74, 6) is -0.352. The van der Waals surface area contributed by atoms with E-state index in [4.69, 9.17) is 9.47 Å². The molecule has 268 valence electrons. The van der Waals surface area contributed by atoms with Crippen molar-refractivity contribution >= 4 is 34.2 Å². The molecule has 4 aromatic carbocycles. The van der Waals surface area contributed by atoms with Gasteiger partial charge in [-0.15, -0.1) is 0 Å². The van der Waals surface area contributed by atoms with Crippen molar-refractivity contribution in [3.63, 3.8) is 0 Å². The number of nitrogens with zero attached hydrogens (tertiary/aromatic N) is 1. The average molecular weight is 700 g/mol. The molecule has 1 fully saturated rings. The number of fused-ring (bicyclic) bond motifs is 1. The van der Waals surface area contributed by atoms with Gasteiger partial charge in [0.15, 0.2) is 0 Å². The number of amides is 2. The van der Waals surface area contributed by atoms with Crippen molar-refractivity contribution in [1.82, 2.24) is 9.88 Å². The summed E-state index contributed by atoms with van der Waals surface area (Å²) in [5, 5.41) is 7.89. The minimum absolute atomic E-state index is 0.0744. The molecule has 1 saturated carbocycles. The van der Waals surface area contributed by atoms with Crippen LogP contribution in [0.25, 0.3) is 10.8 Å². The normalized spacial score (nSPS) is 13.9. The first-order valence-corrected chi connectivity index (χ1v) is 17.6. The second-order valence-corrected chi connectivity index (χ2v) is 14.6. The van der Waals surface area contributed by atoms with Crippen LogP contribution in [0.4, 0.5) is 5.69 Å². The molecule has 1 heterocycles. The van der Waals surface area contributed by atoms with Crippen LogP contribution in [-0.4, -0.2) is 41.1 Å². The highest BCUT2D eigenvalue weighted by Gasteiger charge is 2.53. The van der Waals surface area contributed by atoms with Crippen LogP contribution in [0, 0.1) is 6.92 Å². The Kier molecular flexibility index (Phi) is 10.3. The molecule has 5 aromatic rings. The van der Waals surface area contributed by atoms with E-state index in [2.05, 4.69) is 10.6 Å². The summed E-state index contributed by atoms with van der Waals surface area (Å²) in [6.45, 7) is 7.64. The molecule has 1 aromatic heterocycles. The molecule has 0 aliphatic heterocycles. The fraction of sp³-hybridized carbons (Fsp3) is 0.302. The van der Waals surface area contributed by atoms with E-state index in [1.807, 2.05) is 112 Å². The van der Waals surface area contributed by atoms with Gasteiger partial charge in [0.05, 0.1) is 25.5 Å². The van der Waals surface area contributed by atoms with E-state index in [0.29, 0.717) is 30.7 Å². The van der Waals surface area contributed by atoms with Crippen molar-refractivity contribution in [2.24, 2.45) is 0 Å². The lowest BCUT2D eigenvalue weighted by atomic mass is 9.93. The van der Waals surface area contributed by atoms with Crippen molar-refractivity contribution in [1.29, 1.82) is 0 Å². The SMILES string of the molecule is COc1ccc(Cn2ccc(C)c(NC(=O)C(Cc3ccc(C4(C(=O)OC(C)(C)C)CC4)cc3)NC(=O)Cc3ccc4ccccc4c3)c2=O)cc1. The summed E-state index contributed by atoms with van der Waals surface area (Å²) in [4.78, 5) is 54.3. The Morgan fingerprint density at radius 1 is 0.846 bits per heavy atom. The Hall–Kier alpha value is -5.70. The molecule has 1 aliphatic rings. The van der Waals surface area contributed by atoms with Crippen LogP contribution in [0.15, 0.2) is 108 Å². The van der Waals surface area contributed by atoms with E-state index in [-0.39, 0.29) is 36.0 Å². The van der Waals surface area contributed by atoms with E-state index in [1.54, 1.807) is 26.3 Å². The van der Waals surface area contributed by atoms with Gasteiger partial charge in [-0.2, -0.15) is 0 Å². The number of ether oxygens (including phenoxy) is 2. The number of aryl methyl sites for hydroxylation is 1. The Labute approximate surface area is 304 Å². The highest BCUT2D eigenvalue weighted by atomic mass is 16.6. The topological polar surface area (TPSA) is 116 Å². The molecule has 9 heteroatoms. The molecule has 0 bridgehead atoms. The number of methoxy groups -OCH3 is 1. The lowest BCUT2D eigenvalue weighted by molar-refractivity contribution is -0.158. The predicted octanol–water partition coefficient (Wildman–Crippen LogP) is 6.65. The molecule has 52 heavy (non-hydrogen) atoms. The van der Waals surface area contributed by atoms with Crippen LogP contribution in [0.3, 0.4) is 0 Å². The van der Waals surface area contributed by atoms with Gasteiger partial charge in [-0.05, 0) is 97.3 Å². The Morgan fingerprint density at radius 2 is 1.50 bits per heavy atom. The van der Waals surface area contributed by atoms with Gasteiger partial charge in [0.25, 0.3) is 5.56 Å². The van der Waals surface area contributed by atoms with Crippen LogP contribution in [-0.2, 0) is 43.9 Å². The maximum absolute atomic E-state index is 14.0. The van der Waals surface area contributed by atoms with E-state index >= 15 is 0 Å². The number of aromatic nitrogens is 1. The maximum Gasteiger partial charge on any atom is 0.317 e. The van der Waals surface area contributed by atoms with Crippen LogP contribution in [0.5, 0.6) is 5.75 Å². The third kappa shape index (κ3) is 8.42. The molecular weight excluding hydrogens is 654 g/mol. The Bertz CT molecular complexity index is 2160. The van der Waals surface area contributed by atoms with Crippen LogP contribution in [0.1, 0.15) is 61.4 Å². The number of rotatable bonds is 12. The van der Waals surface area contributed by atoms with Crippen molar-refractivity contribution in [3.8, 4) is 5.75 Å². The van der Waals surface area contributed by atoms with Crippen molar-refractivity contribution in [2.45, 2.75) is 77.0 Å². The molecule has 1 aliphatic carbocycles. The van der Waals surface area contributed by atoms with Crippen molar-refractivity contribution < 1.29 is 23.9 Å². The van der Waals surface area contributed by atoms with Gasteiger partial charge >= 0.3 is 5.97 Å². The van der Waals surface area contributed by atoms with E-state index in [1.165, 1.54) is 4.57 Å². The second kappa shape index (κ2) is 14.9. The first-order valence-electron chi connectivity index (χ1n) is 17.6. The molecular formula is C43H45N3O6. The third-order valence-corrected chi connectivity index (χ3v) is 9.45. The predicted molar refractivity (Wildman–Crippen MR) is 203 cm³/mol. The molecule has 2 amide bonds. The third-order valence-electron chi connectivity index (χ3n) is 9.45. The van der Waals surface area contributed by atoms with Gasteiger partial charge in [0, 0.05) is 12.6 Å². The zero-order chi connectivity index (χ0) is 37.0. The standard InChI is InChI=1S/C43H45N3O6/c1-28-20-23-46(27-30-13-18-35(51-5)19-14-30)40(49)38(28)45-39(48)36(44-37(47)26-31-10-15-32-8-6-7-9-33(32)24-31)25-29-11-16-34(17-12-29)43(21-22-43)41(50)52-42(2,3)4/h6-20,23-24,36H,21-22,25-27H2,1-5H3,(H,44,47)(H,45,48). The van der Waals surface area contributed by atoms with Crippen LogP contribution < -0.4 is 20.9 Å². The summed E-state index contributed by atoms with van der Waals surface area (Å²) in [7, 11) is 1.60. The lowest BCUT2D eigenvalue weighted by Gasteiger charge is -2.24. The molecule has 1 atom stereocenters. The minimum Gasteiger partial charge on any atom is -0.497 e. The van der Waals surface area contributed by atoms with E-state index in [9.17, 15) is 19.2 Å². The van der Waals surface area contributed by atoms with Gasteiger partial charge < -0.3 is 24.7 Å². The fourth-order valence-electron chi connectivity index (χ4n) is 6.38. The first-order chi connectivity index (χ1) is 24.8. The van der Waals surface area contributed by atoms with Crippen molar-refractivity contribution in [2.75, 3.05) is 12.4 Å². The van der Waals surface area contributed by atoms with Crippen molar-refractivity contribution in [3.05, 3.63) is 141 Å². The largest absolute Gasteiger partial charge is 0.497 e. The van der Waals surface area contributed by atoms with Gasteiger partial charge in [-0.3, -0.25) is 19.2 Å². The summed E-state index contributed by atoms with van der Waals surface area (Å²) >= 11 is 0. The maximum atomic E-state index is 14.0. The Balaban J connectivity index is 1.23. The number of esters is 1. The molecule has 9 nitrogen and oxygen atoms in total.